The Bertz CT molecular complexity index is 664. The summed E-state index contributed by atoms with van der Waals surface area (Å²) in [6.45, 7) is 5.65. The number of carboxylic acids is 1. The molecule has 2 amide bonds. The maximum absolute atomic E-state index is 12.7. The van der Waals surface area contributed by atoms with Crippen LogP contribution in [-0.4, -0.2) is 47.4 Å². The summed E-state index contributed by atoms with van der Waals surface area (Å²) in [5, 5.41) is 12.1. The van der Waals surface area contributed by atoms with E-state index in [0.717, 1.165) is 24.8 Å². The van der Waals surface area contributed by atoms with Crippen molar-refractivity contribution in [3.05, 3.63) is 34.9 Å². The molecule has 142 valence electrons. The van der Waals surface area contributed by atoms with E-state index in [0.29, 0.717) is 38.0 Å². The third kappa shape index (κ3) is 5.31. The van der Waals surface area contributed by atoms with Crippen LogP contribution in [-0.2, 0) is 4.79 Å². The van der Waals surface area contributed by atoms with Gasteiger partial charge in [0.15, 0.2) is 0 Å². The number of unbranched alkanes of at least 4 members (excludes halogenated alkanes) is 2. The van der Waals surface area contributed by atoms with Gasteiger partial charge in [-0.05, 0) is 49.9 Å². The van der Waals surface area contributed by atoms with Crippen molar-refractivity contribution in [1.29, 1.82) is 0 Å². The van der Waals surface area contributed by atoms with Gasteiger partial charge in [0.2, 0.25) is 5.91 Å². The van der Waals surface area contributed by atoms with E-state index >= 15 is 0 Å². The SMILES string of the molecule is CCCCCNC(=O)C1CCN(C(=O)c2cc(C)cc(C(=O)O)c2)CC1. The van der Waals surface area contributed by atoms with Gasteiger partial charge in [-0.25, -0.2) is 4.79 Å². The molecule has 2 N–H and O–H groups in total. The number of piperidine rings is 1. The van der Waals surface area contributed by atoms with Crippen LogP contribution in [0.25, 0.3) is 0 Å². The van der Waals surface area contributed by atoms with E-state index < -0.39 is 5.97 Å². The summed E-state index contributed by atoms with van der Waals surface area (Å²) in [7, 11) is 0. The Labute approximate surface area is 154 Å². The van der Waals surface area contributed by atoms with Gasteiger partial charge >= 0.3 is 5.97 Å². The molecule has 1 aromatic carbocycles. The van der Waals surface area contributed by atoms with Crippen LogP contribution in [0.4, 0.5) is 0 Å². The van der Waals surface area contributed by atoms with Crippen molar-refractivity contribution in [3.8, 4) is 0 Å². The number of nitrogens with one attached hydrogen (secondary N) is 1. The molecule has 0 bridgehead atoms. The maximum Gasteiger partial charge on any atom is 0.335 e. The van der Waals surface area contributed by atoms with E-state index in [2.05, 4.69) is 12.2 Å². The van der Waals surface area contributed by atoms with Gasteiger partial charge in [-0.2, -0.15) is 0 Å². The molecule has 0 aromatic heterocycles. The second-order valence-corrected chi connectivity index (χ2v) is 6.96. The average Bonchev–Trinajstić information content (AvgIpc) is 2.64. The Morgan fingerprint density at radius 1 is 1.12 bits per heavy atom. The van der Waals surface area contributed by atoms with Crippen molar-refractivity contribution in [1.82, 2.24) is 10.2 Å². The first-order chi connectivity index (χ1) is 12.4. The monoisotopic (exact) mass is 360 g/mol. The zero-order valence-electron chi connectivity index (χ0n) is 15.6. The predicted octanol–water partition coefficient (Wildman–Crippen LogP) is 2.85. The van der Waals surface area contributed by atoms with Crippen LogP contribution >= 0.6 is 0 Å². The number of carbonyl (C=O) groups excluding carboxylic acids is 2. The van der Waals surface area contributed by atoms with E-state index in [4.69, 9.17) is 5.11 Å². The van der Waals surface area contributed by atoms with Gasteiger partial charge in [0.1, 0.15) is 0 Å². The van der Waals surface area contributed by atoms with Crippen molar-refractivity contribution in [2.45, 2.75) is 46.0 Å². The number of nitrogens with zero attached hydrogens (tertiary/aromatic N) is 1. The Hall–Kier alpha value is -2.37. The summed E-state index contributed by atoms with van der Waals surface area (Å²) >= 11 is 0. The van der Waals surface area contributed by atoms with Crippen molar-refractivity contribution in [3.63, 3.8) is 0 Å². The molecule has 1 saturated heterocycles. The predicted molar refractivity (Wildman–Crippen MR) is 99.3 cm³/mol. The molecule has 6 heteroatoms. The number of benzene rings is 1. The summed E-state index contributed by atoms with van der Waals surface area (Å²) in [5.41, 5.74) is 1.26. The third-order valence-electron chi connectivity index (χ3n) is 4.80. The lowest BCUT2D eigenvalue weighted by Crippen LogP contribution is -2.43. The first kappa shape index (κ1) is 19.9. The zero-order chi connectivity index (χ0) is 19.1. The Balaban J connectivity index is 1.90. The fourth-order valence-electron chi connectivity index (χ4n) is 3.29. The van der Waals surface area contributed by atoms with Crippen molar-refractivity contribution < 1.29 is 19.5 Å². The van der Waals surface area contributed by atoms with Crippen LogP contribution in [0.15, 0.2) is 18.2 Å². The van der Waals surface area contributed by atoms with Gasteiger partial charge in [-0.1, -0.05) is 19.8 Å². The number of likely N-dealkylation sites (tertiary alicyclic amines) is 1. The van der Waals surface area contributed by atoms with Gasteiger partial charge in [-0.3, -0.25) is 9.59 Å². The fraction of sp³-hybridized carbons (Fsp3) is 0.550. The van der Waals surface area contributed by atoms with Crippen LogP contribution in [0.2, 0.25) is 0 Å². The van der Waals surface area contributed by atoms with Crippen LogP contribution in [0.3, 0.4) is 0 Å². The van der Waals surface area contributed by atoms with Crippen LogP contribution in [0.5, 0.6) is 0 Å². The lowest BCUT2D eigenvalue weighted by molar-refractivity contribution is -0.126. The molecule has 0 unspecified atom stereocenters. The second-order valence-electron chi connectivity index (χ2n) is 6.96. The van der Waals surface area contributed by atoms with Gasteiger partial charge < -0.3 is 15.3 Å². The molecule has 1 fully saturated rings. The molecule has 1 aliphatic rings. The van der Waals surface area contributed by atoms with Gasteiger partial charge in [0.25, 0.3) is 5.91 Å². The molecule has 0 radical (unpaired) electrons. The molecule has 1 aliphatic heterocycles. The van der Waals surface area contributed by atoms with Crippen molar-refractivity contribution >= 4 is 17.8 Å². The molecule has 1 aromatic rings. The summed E-state index contributed by atoms with van der Waals surface area (Å²) in [6, 6.07) is 4.68. The quantitative estimate of drug-likeness (QED) is 0.732. The minimum absolute atomic E-state index is 0.0484. The Morgan fingerprint density at radius 3 is 2.38 bits per heavy atom. The largest absolute Gasteiger partial charge is 0.478 e. The normalized spacial score (nSPS) is 14.9. The van der Waals surface area contributed by atoms with Gasteiger partial charge in [0.05, 0.1) is 5.56 Å². The number of hydrogen-bond acceptors (Lipinski definition) is 3. The molecule has 26 heavy (non-hydrogen) atoms. The minimum Gasteiger partial charge on any atom is -0.478 e. The molecular weight excluding hydrogens is 332 g/mol. The second kappa shape index (κ2) is 9.36. The van der Waals surface area contributed by atoms with Crippen molar-refractivity contribution in [2.24, 2.45) is 5.92 Å². The van der Waals surface area contributed by atoms with E-state index in [-0.39, 0.29) is 23.3 Å². The fourth-order valence-corrected chi connectivity index (χ4v) is 3.29. The number of rotatable bonds is 7. The summed E-state index contributed by atoms with van der Waals surface area (Å²) in [5.74, 6) is -1.18. The molecule has 0 saturated carbocycles. The molecular formula is C20H28N2O4. The molecule has 2 rings (SSSR count). The molecule has 1 heterocycles. The highest BCUT2D eigenvalue weighted by Gasteiger charge is 2.28. The van der Waals surface area contributed by atoms with Crippen LogP contribution < -0.4 is 5.32 Å². The lowest BCUT2D eigenvalue weighted by Gasteiger charge is -2.31. The number of hydrogen-bond donors (Lipinski definition) is 2. The topological polar surface area (TPSA) is 86.7 Å². The lowest BCUT2D eigenvalue weighted by atomic mass is 9.95. The average molecular weight is 360 g/mol. The number of amides is 2. The summed E-state index contributed by atoms with van der Waals surface area (Å²) in [6.07, 6.45) is 4.52. The first-order valence-corrected chi connectivity index (χ1v) is 9.34. The van der Waals surface area contributed by atoms with Gasteiger partial charge in [0, 0.05) is 31.1 Å². The van der Waals surface area contributed by atoms with E-state index in [9.17, 15) is 14.4 Å². The van der Waals surface area contributed by atoms with E-state index in [1.807, 2.05) is 0 Å². The smallest absolute Gasteiger partial charge is 0.335 e. The van der Waals surface area contributed by atoms with E-state index in [1.54, 1.807) is 24.0 Å². The number of aromatic carboxylic acids is 1. The molecule has 0 spiro atoms. The van der Waals surface area contributed by atoms with Gasteiger partial charge in [-0.15, -0.1) is 0 Å². The highest BCUT2D eigenvalue weighted by atomic mass is 16.4. The number of aryl methyl sites for hydroxylation is 1. The van der Waals surface area contributed by atoms with Crippen molar-refractivity contribution in [2.75, 3.05) is 19.6 Å². The zero-order valence-corrected chi connectivity index (χ0v) is 15.6. The van der Waals surface area contributed by atoms with E-state index in [1.165, 1.54) is 6.07 Å². The molecule has 0 aliphatic carbocycles. The first-order valence-electron chi connectivity index (χ1n) is 9.34. The summed E-state index contributed by atoms with van der Waals surface area (Å²) < 4.78 is 0. The Kier molecular flexibility index (Phi) is 7.18. The highest BCUT2D eigenvalue weighted by Crippen LogP contribution is 2.20. The Morgan fingerprint density at radius 2 is 1.77 bits per heavy atom. The molecule has 6 nitrogen and oxygen atoms in total. The standard InChI is InChI=1S/C20H28N2O4/c1-3-4-5-8-21-18(23)15-6-9-22(10-7-15)19(24)16-11-14(2)12-17(13-16)20(25)26/h11-13,15H,3-10H2,1-2H3,(H,21,23)(H,25,26). The number of carbonyl (C=O) groups is 3. The highest BCUT2D eigenvalue weighted by molar-refractivity contribution is 5.98. The summed E-state index contributed by atoms with van der Waals surface area (Å²) in [4.78, 5) is 37.8. The maximum atomic E-state index is 12.7. The molecule has 0 atom stereocenters. The van der Waals surface area contributed by atoms with Crippen LogP contribution in [0.1, 0.15) is 65.3 Å². The number of carboxylic acid groups (broad SMARTS) is 1. The minimum atomic E-state index is -1.04. The van der Waals surface area contributed by atoms with Crippen LogP contribution in [0, 0.1) is 12.8 Å². The third-order valence-corrected chi connectivity index (χ3v) is 4.80.